The molecule has 1 aliphatic carbocycles. The molecular weight excluding hydrogens is 324 g/mol. The first-order chi connectivity index (χ1) is 11.9. The molecule has 0 aromatic rings. The number of nitrogens with zero attached hydrogens (tertiary/aromatic N) is 2. The van der Waals surface area contributed by atoms with Gasteiger partial charge in [-0.05, 0) is 36.7 Å². The van der Waals surface area contributed by atoms with E-state index in [4.69, 9.17) is 14.2 Å². The van der Waals surface area contributed by atoms with Crippen LogP contribution < -0.4 is 0 Å². The maximum absolute atomic E-state index is 12.4. The number of methoxy groups -OCH3 is 1. The number of rotatable bonds is 2. The van der Waals surface area contributed by atoms with Crippen molar-refractivity contribution < 1.29 is 23.8 Å². The van der Waals surface area contributed by atoms with E-state index < -0.39 is 18.4 Å². The molecule has 7 heteroatoms. The number of ether oxygens (including phenoxy) is 3. The SMILES string of the molecule is COC1OC(=O)C(=C2CC(C)(C)CC(N3CCCC3)=C2C#N)C(=O)O1. The van der Waals surface area contributed by atoms with Crippen molar-refractivity contribution in [3.05, 3.63) is 22.4 Å². The number of carbonyl (C=O) groups is 2. The standard InChI is InChI=1S/C18H22N2O5/c1-18(2)8-11(14-15(21)24-17(23-3)25-16(14)22)12(10-19)13(9-18)20-6-4-5-7-20/h17H,4-9H2,1-3H3. The Hall–Kier alpha value is -2.33. The molecule has 2 fully saturated rings. The third-order valence-electron chi connectivity index (χ3n) is 4.80. The molecule has 2 heterocycles. The van der Waals surface area contributed by atoms with Gasteiger partial charge in [0.25, 0.3) is 0 Å². The highest BCUT2D eigenvalue weighted by Gasteiger charge is 2.42. The number of likely N-dealkylation sites (tertiary alicyclic amines) is 1. The van der Waals surface area contributed by atoms with Gasteiger partial charge in [0.1, 0.15) is 11.6 Å². The van der Waals surface area contributed by atoms with Crippen LogP contribution in [-0.4, -0.2) is 43.5 Å². The summed E-state index contributed by atoms with van der Waals surface area (Å²) in [4.78, 5) is 26.9. The van der Waals surface area contributed by atoms with Crippen molar-refractivity contribution in [3.8, 4) is 6.07 Å². The van der Waals surface area contributed by atoms with Gasteiger partial charge in [0.2, 0.25) is 0 Å². The number of esters is 2. The van der Waals surface area contributed by atoms with E-state index in [1.54, 1.807) is 0 Å². The fourth-order valence-corrected chi connectivity index (χ4v) is 3.69. The molecule has 25 heavy (non-hydrogen) atoms. The fraction of sp³-hybridized carbons (Fsp3) is 0.611. The van der Waals surface area contributed by atoms with Crippen molar-refractivity contribution >= 4 is 11.9 Å². The number of hydrogen-bond acceptors (Lipinski definition) is 7. The monoisotopic (exact) mass is 346 g/mol. The van der Waals surface area contributed by atoms with Gasteiger partial charge in [-0.25, -0.2) is 9.59 Å². The molecule has 2 aliphatic heterocycles. The Morgan fingerprint density at radius 3 is 2.28 bits per heavy atom. The predicted molar refractivity (Wildman–Crippen MR) is 86.5 cm³/mol. The van der Waals surface area contributed by atoms with Gasteiger partial charge in [0.05, 0.1) is 5.57 Å². The molecule has 3 aliphatic rings. The summed E-state index contributed by atoms with van der Waals surface area (Å²) < 4.78 is 14.7. The molecule has 0 amide bonds. The zero-order valence-corrected chi connectivity index (χ0v) is 14.8. The number of hydrogen-bond donors (Lipinski definition) is 0. The van der Waals surface area contributed by atoms with Crippen LogP contribution in [0.2, 0.25) is 0 Å². The minimum Gasteiger partial charge on any atom is -0.396 e. The lowest BCUT2D eigenvalue weighted by molar-refractivity contribution is -0.262. The van der Waals surface area contributed by atoms with Crippen LogP contribution in [0, 0.1) is 16.7 Å². The second-order valence-electron chi connectivity index (χ2n) is 7.33. The molecule has 0 unspecified atom stereocenters. The minimum absolute atomic E-state index is 0.181. The molecule has 0 aromatic heterocycles. The van der Waals surface area contributed by atoms with Crippen LogP contribution in [0.25, 0.3) is 0 Å². The predicted octanol–water partition coefficient (Wildman–Crippen LogP) is 2.01. The summed E-state index contributed by atoms with van der Waals surface area (Å²) in [6, 6.07) is 2.22. The Morgan fingerprint density at radius 1 is 1.16 bits per heavy atom. The van der Waals surface area contributed by atoms with Crippen molar-refractivity contribution in [2.24, 2.45) is 5.41 Å². The normalized spacial score (nSPS) is 26.5. The summed E-state index contributed by atoms with van der Waals surface area (Å²) in [5.41, 5.74) is 1.37. The Kier molecular flexibility index (Phi) is 4.56. The highest BCUT2D eigenvalue weighted by atomic mass is 16.9. The third-order valence-corrected chi connectivity index (χ3v) is 4.80. The van der Waals surface area contributed by atoms with E-state index in [2.05, 4.69) is 24.8 Å². The van der Waals surface area contributed by atoms with Crippen LogP contribution >= 0.6 is 0 Å². The smallest absolute Gasteiger partial charge is 0.365 e. The molecular formula is C18H22N2O5. The van der Waals surface area contributed by atoms with Crippen LogP contribution in [0.5, 0.6) is 0 Å². The molecule has 0 radical (unpaired) electrons. The van der Waals surface area contributed by atoms with Crippen molar-refractivity contribution in [2.45, 2.75) is 46.0 Å². The van der Waals surface area contributed by atoms with Crippen LogP contribution in [-0.2, 0) is 23.8 Å². The van der Waals surface area contributed by atoms with Crippen molar-refractivity contribution in [1.82, 2.24) is 4.90 Å². The third kappa shape index (κ3) is 3.27. The van der Waals surface area contributed by atoms with E-state index in [1.807, 2.05) is 0 Å². The Bertz CT molecular complexity index is 687. The van der Waals surface area contributed by atoms with E-state index in [9.17, 15) is 14.9 Å². The first kappa shape index (κ1) is 17.5. The summed E-state index contributed by atoms with van der Waals surface area (Å²) in [5, 5.41) is 9.77. The number of nitriles is 1. The minimum atomic E-state index is -1.34. The Labute approximate surface area is 146 Å². The molecule has 3 rings (SSSR count). The van der Waals surface area contributed by atoms with Crippen LogP contribution in [0.1, 0.15) is 39.5 Å². The molecule has 0 saturated carbocycles. The van der Waals surface area contributed by atoms with E-state index in [0.717, 1.165) is 38.0 Å². The summed E-state index contributed by atoms with van der Waals surface area (Å²) in [7, 11) is 1.28. The van der Waals surface area contributed by atoms with E-state index in [-0.39, 0.29) is 11.0 Å². The largest absolute Gasteiger partial charge is 0.396 e. The summed E-state index contributed by atoms with van der Waals surface area (Å²) in [6.07, 6.45) is 3.32. The lowest BCUT2D eigenvalue weighted by Gasteiger charge is -2.38. The fourth-order valence-electron chi connectivity index (χ4n) is 3.69. The average molecular weight is 346 g/mol. The maximum Gasteiger partial charge on any atom is 0.365 e. The summed E-state index contributed by atoms with van der Waals surface area (Å²) in [6.45, 7) is 4.57. The molecule has 134 valence electrons. The second-order valence-corrected chi connectivity index (χ2v) is 7.33. The first-order valence-corrected chi connectivity index (χ1v) is 8.43. The lowest BCUT2D eigenvalue weighted by atomic mass is 9.72. The molecule has 7 nitrogen and oxygen atoms in total. The second kappa shape index (κ2) is 6.52. The zero-order valence-electron chi connectivity index (χ0n) is 14.8. The van der Waals surface area contributed by atoms with E-state index in [0.29, 0.717) is 17.6 Å². The number of carbonyl (C=O) groups excluding carboxylic acids is 2. The average Bonchev–Trinajstić information content (AvgIpc) is 3.07. The van der Waals surface area contributed by atoms with Gasteiger partial charge >= 0.3 is 18.4 Å². The van der Waals surface area contributed by atoms with Crippen molar-refractivity contribution in [2.75, 3.05) is 20.2 Å². The first-order valence-electron chi connectivity index (χ1n) is 8.43. The topological polar surface area (TPSA) is 88.9 Å². The zero-order chi connectivity index (χ0) is 18.2. The molecule has 2 saturated heterocycles. The van der Waals surface area contributed by atoms with Crippen LogP contribution in [0.15, 0.2) is 22.4 Å². The van der Waals surface area contributed by atoms with Crippen LogP contribution in [0.4, 0.5) is 0 Å². The highest BCUT2D eigenvalue weighted by Crippen LogP contribution is 2.45. The Balaban J connectivity index is 2.12. The van der Waals surface area contributed by atoms with Crippen molar-refractivity contribution in [1.29, 1.82) is 5.26 Å². The molecule has 0 N–H and O–H groups in total. The van der Waals surface area contributed by atoms with Gasteiger partial charge in [0, 0.05) is 25.9 Å². The molecule has 0 atom stereocenters. The summed E-state index contributed by atoms with van der Waals surface area (Å²) in [5.74, 6) is -1.60. The number of allylic oxidation sites excluding steroid dienone is 3. The van der Waals surface area contributed by atoms with E-state index >= 15 is 0 Å². The van der Waals surface area contributed by atoms with E-state index in [1.165, 1.54) is 7.11 Å². The van der Waals surface area contributed by atoms with Crippen molar-refractivity contribution in [3.63, 3.8) is 0 Å². The van der Waals surface area contributed by atoms with Gasteiger partial charge in [-0.3, -0.25) is 0 Å². The van der Waals surface area contributed by atoms with Gasteiger partial charge in [0.15, 0.2) is 0 Å². The van der Waals surface area contributed by atoms with Gasteiger partial charge in [-0.15, -0.1) is 0 Å². The molecule has 0 bridgehead atoms. The molecule has 0 spiro atoms. The van der Waals surface area contributed by atoms with Gasteiger partial charge in [-0.2, -0.15) is 5.26 Å². The van der Waals surface area contributed by atoms with Gasteiger partial charge in [-0.1, -0.05) is 13.8 Å². The lowest BCUT2D eigenvalue weighted by Crippen LogP contribution is -2.38. The Morgan fingerprint density at radius 2 is 1.76 bits per heavy atom. The molecule has 0 aromatic carbocycles. The highest BCUT2D eigenvalue weighted by molar-refractivity contribution is 6.16. The maximum atomic E-state index is 12.4. The summed E-state index contributed by atoms with van der Waals surface area (Å²) >= 11 is 0. The van der Waals surface area contributed by atoms with Gasteiger partial charge < -0.3 is 19.1 Å². The quantitative estimate of drug-likeness (QED) is 0.429. The number of cyclic esters (lactones) is 2. The van der Waals surface area contributed by atoms with Crippen LogP contribution in [0.3, 0.4) is 0 Å².